The fourth-order valence-corrected chi connectivity index (χ4v) is 3.26. The third kappa shape index (κ3) is 2.50. The van der Waals surface area contributed by atoms with Crippen LogP contribution < -0.4 is 4.90 Å². The zero-order chi connectivity index (χ0) is 15.1. The fourth-order valence-electron chi connectivity index (χ4n) is 3.26. The van der Waals surface area contributed by atoms with E-state index in [1.165, 1.54) is 24.1 Å². The highest BCUT2D eigenvalue weighted by atomic mass is 15.3. The van der Waals surface area contributed by atoms with E-state index in [-0.39, 0.29) is 0 Å². The summed E-state index contributed by atoms with van der Waals surface area (Å²) in [7, 11) is 2.19. The highest BCUT2D eigenvalue weighted by molar-refractivity contribution is 5.71. The van der Waals surface area contributed by atoms with Crippen molar-refractivity contribution in [3.05, 3.63) is 29.7 Å². The Labute approximate surface area is 131 Å². The predicted molar refractivity (Wildman–Crippen MR) is 90.1 cm³/mol. The molecule has 116 valence electrons. The predicted octanol–water partition coefficient (Wildman–Crippen LogP) is 2.16. The van der Waals surface area contributed by atoms with E-state index in [2.05, 4.69) is 51.4 Å². The average Bonchev–Trinajstić information content (AvgIpc) is 3.28. The first-order valence-electron chi connectivity index (χ1n) is 8.12. The van der Waals surface area contributed by atoms with Gasteiger partial charge in [-0.1, -0.05) is 0 Å². The van der Waals surface area contributed by atoms with Gasteiger partial charge in [-0.05, 0) is 44.2 Å². The Morgan fingerprint density at radius 3 is 2.68 bits per heavy atom. The van der Waals surface area contributed by atoms with Gasteiger partial charge in [-0.2, -0.15) is 0 Å². The van der Waals surface area contributed by atoms with Crippen molar-refractivity contribution in [2.45, 2.75) is 25.3 Å². The van der Waals surface area contributed by atoms with Crippen LogP contribution in [0.25, 0.3) is 5.65 Å². The summed E-state index contributed by atoms with van der Waals surface area (Å²) in [5, 5.41) is 0. The summed E-state index contributed by atoms with van der Waals surface area (Å²) in [6.45, 7) is 8.54. The average molecular weight is 297 g/mol. The van der Waals surface area contributed by atoms with Gasteiger partial charge in [0.1, 0.15) is 0 Å². The van der Waals surface area contributed by atoms with E-state index in [1.54, 1.807) is 0 Å². The smallest absolute Gasteiger partial charge is 0.160 e. The third-order valence-corrected chi connectivity index (χ3v) is 4.77. The van der Waals surface area contributed by atoms with E-state index in [4.69, 9.17) is 4.98 Å². The van der Waals surface area contributed by atoms with Gasteiger partial charge in [0.2, 0.25) is 0 Å². The summed E-state index contributed by atoms with van der Waals surface area (Å²) in [5.41, 5.74) is 4.80. The molecule has 0 amide bonds. The van der Waals surface area contributed by atoms with Crippen LogP contribution in [0.5, 0.6) is 0 Å². The Morgan fingerprint density at radius 2 is 2.00 bits per heavy atom. The molecule has 1 aliphatic heterocycles. The molecule has 0 atom stereocenters. The maximum Gasteiger partial charge on any atom is 0.160 e. The van der Waals surface area contributed by atoms with Gasteiger partial charge in [-0.15, -0.1) is 0 Å². The lowest BCUT2D eigenvalue weighted by atomic mass is 10.1. The number of anilines is 1. The maximum absolute atomic E-state index is 4.79. The quantitative estimate of drug-likeness (QED) is 0.812. The van der Waals surface area contributed by atoms with Crippen LogP contribution >= 0.6 is 0 Å². The number of fused-ring (bicyclic) bond motifs is 1. The number of aliphatic imine (C=N–C) groups is 1. The molecule has 1 saturated carbocycles. The molecular weight excluding hydrogens is 274 g/mol. The van der Waals surface area contributed by atoms with Crippen LogP contribution in [0.4, 0.5) is 5.69 Å². The summed E-state index contributed by atoms with van der Waals surface area (Å²) in [6.07, 6.45) is 7.01. The van der Waals surface area contributed by atoms with Crippen LogP contribution in [0.2, 0.25) is 0 Å². The van der Waals surface area contributed by atoms with Gasteiger partial charge >= 0.3 is 0 Å². The van der Waals surface area contributed by atoms with Crippen LogP contribution in [0.1, 0.15) is 30.0 Å². The molecule has 5 heteroatoms. The van der Waals surface area contributed by atoms with Gasteiger partial charge in [0.15, 0.2) is 5.65 Å². The molecule has 0 N–H and O–H groups in total. The lowest BCUT2D eigenvalue weighted by Crippen LogP contribution is -2.44. The Morgan fingerprint density at radius 1 is 1.23 bits per heavy atom. The Kier molecular flexibility index (Phi) is 3.37. The van der Waals surface area contributed by atoms with Crippen molar-refractivity contribution in [3.63, 3.8) is 0 Å². The molecule has 0 spiro atoms. The molecule has 4 rings (SSSR count). The van der Waals surface area contributed by atoms with Crippen molar-refractivity contribution in [2.24, 2.45) is 4.99 Å². The van der Waals surface area contributed by atoms with Crippen molar-refractivity contribution in [1.29, 1.82) is 0 Å². The van der Waals surface area contributed by atoms with Gasteiger partial charge in [-0.3, -0.25) is 4.99 Å². The summed E-state index contributed by atoms with van der Waals surface area (Å²) >= 11 is 0. The molecule has 22 heavy (non-hydrogen) atoms. The molecule has 3 heterocycles. The zero-order valence-electron chi connectivity index (χ0n) is 13.2. The molecule has 2 aliphatic rings. The summed E-state index contributed by atoms with van der Waals surface area (Å²) in [6, 6.07) is 2.37. The normalized spacial score (nSPS) is 19.8. The Hall–Kier alpha value is -1.88. The van der Waals surface area contributed by atoms with E-state index in [9.17, 15) is 0 Å². The topological polar surface area (TPSA) is 36.1 Å². The molecule has 2 aromatic heterocycles. The third-order valence-electron chi connectivity index (χ3n) is 4.77. The van der Waals surface area contributed by atoms with Gasteiger partial charge in [0.25, 0.3) is 0 Å². The first kappa shape index (κ1) is 13.8. The molecule has 0 radical (unpaired) electrons. The number of rotatable bonds is 4. The van der Waals surface area contributed by atoms with Crippen LogP contribution in [-0.2, 0) is 6.54 Å². The maximum atomic E-state index is 4.79. The highest BCUT2D eigenvalue weighted by Gasteiger charge is 2.26. The number of hydrogen-bond acceptors (Lipinski definition) is 4. The van der Waals surface area contributed by atoms with Gasteiger partial charge < -0.3 is 14.2 Å². The first-order chi connectivity index (χ1) is 10.7. The van der Waals surface area contributed by atoms with Crippen LogP contribution in [-0.4, -0.2) is 54.2 Å². The molecule has 5 nitrogen and oxygen atoms in total. The Bertz CT molecular complexity index is 692. The number of aromatic nitrogens is 2. The number of imidazole rings is 1. The number of pyridine rings is 1. The molecule has 0 aromatic carbocycles. The number of nitrogens with zero attached hydrogens (tertiary/aromatic N) is 5. The minimum atomic E-state index is 0.586. The van der Waals surface area contributed by atoms with E-state index < -0.39 is 0 Å². The minimum absolute atomic E-state index is 0.586. The van der Waals surface area contributed by atoms with Crippen molar-refractivity contribution >= 4 is 18.1 Å². The van der Waals surface area contributed by atoms with Crippen molar-refractivity contribution < 1.29 is 0 Å². The molecule has 0 unspecified atom stereocenters. The second kappa shape index (κ2) is 5.39. The van der Waals surface area contributed by atoms with Crippen LogP contribution in [0.15, 0.2) is 23.5 Å². The molecule has 1 aliphatic carbocycles. The number of hydrogen-bond donors (Lipinski definition) is 0. The van der Waals surface area contributed by atoms with E-state index in [1.807, 2.05) is 0 Å². The van der Waals surface area contributed by atoms with Crippen molar-refractivity contribution in [3.8, 4) is 0 Å². The zero-order valence-corrected chi connectivity index (χ0v) is 13.2. The SMILES string of the molecule is C=NCc1cn2cc(C3CC3)cc(N3CCN(C)CC3)c2n1. The lowest BCUT2D eigenvalue weighted by Gasteiger charge is -2.34. The van der Waals surface area contributed by atoms with Crippen LogP contribution in [0, 0.1) is 0 Å². The molecule has 0 bridgehead atoms. The standard InChI is InChI=1S/C17H23N5/c1-18-10-15-12-22-11-14(13-3-4-13)9-16(17(22)19-15)21-7-5-20(2)6-8-21/h9,11-13H,1,3-8,10H2,2H3. The van der Waals surface area contributed by atoms with E-state index in [0.29, 0.717) is 6.54 Å². The second-order valence-electron chi connectivity index (χ2n) is 6.57. The Balaban J connectivity index is 1.77. The molecular formula is C17H23N5. The first-order valence-corrected chi connectivity index (χ1v) is 8.12. The second-order valence-corrected chi connectivity index (χ2v) is 6.57. The number of piperazine rings is 1. The summed E-state index contributed by atoms with van der Waals surface area (Å²) in [5.74, 6) is 0.749. The molecule has 2 aromatic rings. The molecule has 2 fully saturated rings. The van der Waals surface area contributed by atoms with Gasteiger partial charge in [-0.25, -0.2) is 4.98 Å². The van der Waals surface area contributed by atoms with Crippen molar-refractivity contribution in [1.82, 2.24) is 14.3 Å². The van der Waals surface area contributed by atoms with E-state index in [0.717, 1.165) is 43.4 Å². The van der Waals surface area contributed by atoms with Crippen molar-refractivity contribution in [2.75, 3.05) is 38.1 Å². The largest absolute Gasteiger partial charge is 0.366 e. The highest BCUT2D eigenvalue weighted by Crippen LogP contribution is 2.41. The van der Waals surface area contributed by atoms with E-state index >= 15 is 0 Å². The minimum Gasteiger partial charge on any atom is -0.366 e. The van der Waals surface area contributed by atoms with Crippen LogP contribution in [0.3, 0.4) is 0 Å². The summed E-state index contributed by atoms with van der Waals surface area (Å²) in [4.78, 5) is 13.6. The van der Waals surface area contributed by atoms with Gasteiger partial charge in [0, 0.05) is 38.6 Å². The van der Waals surface area contributed by atoms with Gasteiger partial charge in [0.05, 0.1) is 17.9 Å². The number of likely N-dealkylation sites (N-methyl/N-ethyl adjacent to an activating group) is 1. The summed E-state index contributed by atoms with van der Waals surface area (Å²) < 4.78 is 2.20. The lowest BCUT2D eigenvalue weighted by molar-refractivity contribution is 0.313. The fraction of sp³-hybridized carbons (Fsp3) is 0.529. The monoisotopic (exact) mass is 297 g/mol. The molecule has 1 saturated heterocycles.